The monoisotopic (exact) mass is 230 g/mol. The second-order valence-electron chi connectivity index (χ2n) is 3.93. The summed E-state index contributed by atoms with van der Waals surface area (Å²) in [7, 11) is 0. The topological polar surface area (TPSA) is 34.4 Å². The molecule has 0 N–H and O–H groups in total. The first-order valence-electron chi connectivity index (χ1n) is 5.04. The van der Waals surface area contributed by atoms with E-state index < -0.39 is 0 Å². The minimum absolute atomic E-state index is 0.0213. The molecular formula is C12H10N2OS. The van der Waals surface area contributed by atoms with Crippen LogP contribution < -0.4 is 5.56 Å². The predicted octanol–water partition coefficient (Wildman–Crippen LogP) is 2.53. The molecule has 1 aromatic carbocycles. The van der Waals surface area contributed by atoms with Crippen LogP contribution in [0.4, 0.5) is 0 Å². The van der Waals surface area contributed by atoms with E-state index in [2.05, 4.69) is 4.98 Å². The SMILES string of the molecule is Cc1ccc2nc3sc(C)cn3c(=O)c2c1. The van der Waals surface area contributed by atoms with Gasteiger partial charge in [0.2, 0.25) is 0 Å². The fourth-order valence-electron chi connectivity index (χ4n) is 1.83. The third kappa shape index (κ3) is 1.27. The maximum Gasteiger partial charge on any atom is 0.266 e. The lowest BCUT2D eigenvalue weighted by molar-refractivity contribution is 1.10. The standard InChI is InChI=1S/C12H10N2OS/c1-7-3-4-10-9(5-7)11(15)14-6-8(2)16-12(14)13-10/h3-6H,1-2H3. The summed E-state index contributed by atoms with van der Waals surface area (Å²) >= 11 is 1.54. The lowest BCUT2D eigenvalue weighted by Gasteiger charge is -1.99. The molecular weight excluding hydrogens is 220 g/mol. The van der Waals surface area contributed by atoms with Crippen molar-refractivity contribution < 1.29 is 0 Å². The van der Waals surface area contributed by atoms with Gasteiger partial charge in [0.15, 0.2) is 4.96 Å². The van der Waals surface area contributed by atoms with Gasteiger partial charge in [-0.25, -0.2) is 4.98 Å². The number of nitrogens with zero attached hydrogens (tertiary/aromatic N) is 2. The summed E-state index contributed by atoms with van der Waals surface area (Å²) in [6.07, 6.45) is 1.84. The zero-order valence-corrected chi connectivity index (χ0v) is 9.84. The molecule has 0 saturated heterocycles. The van der Waals surface area contributed by atoms with Gasteiger partial charge < -0.3 is 0 Å². The van der Waals surface area contributed by atoms with Gasteiger partial charge in [-0.3, -0.25) is 9.20 Å². The maximum atomic E-state index is 12.2. The Morgan fingerprint density at radius 1 is 1.31 bits per heavy atom. The van der Waals surface area contributed by atoms with Crippen LogP contribution in [0, 0.1) is 13.8 Å². The fourth-order valence-corrected chi connectivity index (χ4v) is 2.65. The van der Waals surface area contributed by atoms with E-state index in [0.29, 0.717) is 5.39 Å². The van der Waals surface area contributed by atoms with Gasteiger partial charge in [-0.05, 0) is 26.0 Å². The lowest BCUT2D eigenvalue weighted by Crippen LogP contribution is -2.12. The summed E-state index contributed by atoms with van der Waals surface area (Å²) in [5.74, 6) is 0. The summed E-state index contributed by atoms with van der Waals surface area (Å²) in [5, 5.41) is 0.690. The molecule has 2 aromatic heterocycles. The summed E-state index contributed by atoms with van der Waals surface area (Å²) in [4.78, 5) is 18.5. The van der Waals surface area contributed by atoms with Crippen LogP contribution in [0.5, 0.6) is 0 Å². The molecule has 0 amide bonds. The van der Waals surface area contributed by atoms with Gasteiger partial charge in [0.1, 0.15) is 0 Å². The third-order valence-corrected chi connectivity index (χ3v) is 3.48. The molecule has 0 unspecified atom stereocenters. The number of aromatic nitrogens is 2. The number of hydrogen-bond acceptors (Lipinski definition) is 3. The number of thiazole rings is 1. The summed E-state index contributed by atoms with van der Waals surface area (Å²) in [5.41, 5.74) is 1.88. The van der Waals surface area contributed by atoms with Gasteiger partial charge in [-0.2, -0.15) is 0 Å². The van der Waals surface area contributed by atoms with E-state index in [0.717, 1.165) is 20.9 Å². The van der Waals surface area contributed by atoms with Crippen molar-refractivity contribution >= 4 is 27.2 Å². The molecule has 0 saturated carbocycles. The van der Waals surface area contributed by atoms with E-state index in [-0.39, 0.29) is 5.56 Å². The molecule has 3 aromatic rings. The molecule has 80 valence electrons. The van der Waals surface area contributed by atoms with Gasteiger partial charge in [-0.15, -0.1) is 11.3 Å². The van der Waals surface area contributed by atoms with E-state index in [4.69, 9.17) is 0 Å². The molecule has 2 heterocycles. The predicted molar refractivity (Wildman–Crippen MR) is 66.3 cm³/mol. The second kappa shape index (κ2) is 3.15. The van der Waals surface area contributed by atoms with Crippen molar-refractivity contribution in [3.63, 3.8) is 0 Å². The van der Waals surface area contributed by atoms with Crippen molar-refractivity contribution in [2.45, 2.75) is 13.8 Å². The Morgan fingerprint density at radius 2 is 2.12 bits per heavy atom. The molecule has 3 nitrogen and oxygen atoms in total. The highest BCUT2D eigenvalue weighted by molar-refractivity contribution is 7.16. The van der Waals surface area contributed by atoms with Crippen molar-refractivity contribution in [3.05, 3.63) is 45.2 Å². The molecule has 3 rings (SSSR count). The van der Waals surface area contributed by atoms with Crippen LogP contribution >= 0.6 is 11.3 Å². The lowest BCUT2D eigenvalue weighted by atomic mass is 10.2. The van der Waals surface area contributed by atoms with Gasteiger partial charge in [-0.1, -0.05) is 11.6 Å². The van der Waals surface area contributed by atoms with Crippen molar-refractivity contribution in [1.29, 1.82) is 0 Å². The minimum atomic E-state index is 0.0213. The van der Waals surface area contributed by atoms with E-state index in [1.54, 1.807) is 4.40 Å². The first kappa shape index (κ1) is 9.54. The van der Waals surface area contributed by atoms with Gasteiger partial charge in [0, 0.05) is 11.1 Å². The average molecular weight is 230 g/mol. The number of aryl methyl sites for hydroxylation is 2. The van der Waals surface area contributed by atoms with Crippen molar-refractivity contribution in [2.75, 3.05) is 0 Å². The van der Waals surface area contributed by atoms with Crippen molar-refractivity contribution in [3.8, 4) is 0 Å². The molecule has 0 atom stereocenters. The van der Waals surface area contributed by atoms with E-state index in [1.165, 1.54) is 11.3 Å². The summed E-state index contributed by atoms with van der Waals surface area (Å²) < 4.78 is 1.63. The molecule has 0 fully saturated rings. The number of hydrogen-bond donors (Lipinski definition) is 0. The Kier molecular flexibility index (Phi) is 1.88. The number of rotatable bonds is 0. The first-order chi connectivity index (χ1) is 7.65. The highest BCUT2D eigenvalue weighted by Crippen LogP contribution is 2.17. The van der Waals surface area contributed by atoms with Crippen molar-refractivity contribution in [1.82, 2.24) is 9.38 Å². The molecule has 0 bridgehead atoms. The minimum Gasteiger partial charge on any atom is -0.268 e. The van der Waals surface area contributed by atoms with Crippen LogP contribution in [0.2, 0.25) is 0 Å². The van der Waals surface area contributed by atoms with Crippen LogP contribution in [0.25, 0.3) is 15.9 Å². The highest BCUT2D eigenvalue weighted by atomic mass is 32.1. The molecule has 0 radical (unpaired) electrons. The summed E-state index contributed by atoms with van der Waals surface area (Å²) in [6, 6.07) is 5.77. The Balaban J connectivity index is 2.60. The van der Waals surface area contributed by atoms with E-state index in [9.17, 15) is 4.79 Å². The zero-order valence-electron chi connectivity index (χ0n) is 9.02. The fraction of sp³-hybridized carbons (Fsp3) is 0.167. The Morgan fingerprint density at radius 3 is 2.94 bits per heavy atom. The highest BCUT2D eigenvalue weighted by Gasteiger charge is 2.07. The average Bonchev–Trinajstić information content (AvgIpc) is 2.61. The first-order valence-corrected chi connectivity index (χ1v) is 5.86. The van der Waals surface area contributed by atoms with Gasteiger partial charge in [0.25, 0.3) is 5.56 Å². The second-order valence-corrected chi connectivity index (χ2v) is 5.15. The zero-order chi connectivity index (χ0) is 11.3. The molecule has 0 aliphatic heterocycles. The smallest absolute Gasteiger partial charge is 0.266 e. The quantitative estimate of drug-likeness (QED) is 0.594. The van der Waals surface area contributed by atoms with Crippen LogP contribution in [0.1, 0.15) is 10.4 Å². The molecule has 16 heavy (non-hydrogen) atoms. The normalized spacial score (nSPS) is 11.4. The molecule has 0 aliphatic carbocycles. The Bertz CT molecular complexity index is 755. The maximum absolute atomic E-state index is 12.2. The third-order valence-electron chi connectivity index (χ3n) is 2.59. The van der Waals surface area contributed by atoms with Gasteiger partial charge >= 0.3 is 0 Å². The number of fused-ring (bicyclic) bond motifs is 2. The molecule has 0 aliphatic rings. The Hall–Kier alpha value is -1.68. The Labute approximate surface area is 96.0 Å². The molecule has 4 heteroatoms. The number of benzene rings is 1. The van der Waals surface area contributed by atoms with Crippen LogP contribution in [0.15, 0.2) is 29.2 Å². The van der Waals surface area contributed by atoms with Crippen molar-refractivity contribution in [2.24, 2.45) is 0 Å². The van der Waals surface area contributed by atoms with Crippen LogP contribution in [-0.2, 0) is 0 Å². The summed E-state index contributed by atoms with van der Waals surface area (Å²) in [6.45, 7) is 3.96. The van der Waals surface area contributed by atoms with Gasteiger partial charge in [0.05, 0.1) is 10.9 Å². The van der Waals surface area contributed by atoms with E-state index in [1.807, 2.05) is 38.2 Å². The van der Waals surface area contributed by atoms with Crippen LogP contribution in [-0.4, -0.2) is 9.38 Å². The molecule has 0 spiro atoms. The van der Waals surface area contributed by atoms with E-state index >= 15 is 0 Å². The van der Waals surface area contributed by atoms with Crippen LogP contribution in [0.3, 0.4) is 0 Å². The largest absolute Gasteiger partial charge is 0.268 e.